The van der Waals surface area contributed by atoms with Crippen molar-refractivity contribution in [3.63, 3.8) is 0 Å². The number of nitrogens with two attached hydrogens (primary N) is 1. The number of imide groups is 1. The van der Waals surface area contributed by atoms with E-state index in [0.717, 1.165) is 19.3 Å². The average Bonchev–Trinajstić information content (AvgIpc) is 2.62. The van der Waals surface area contributed by atoms with E-state index in [2.05, 4.69) is 5.32 Å². The smallest absolute Gasteiger partial charge is 0.318 e. The number of nitrogens with one attached hydrogen (secondary N) is 1. The molecule has 2 rings (SSSR count). The molecule has 3 atom stereocenters. The zero-order valence-electron chi connectivity index (χ0n) is 8.38. The van der Waals surface area contributed by atoms with Gasteiger partial charge >= 0.3 is 6.03 Å². The molecule has 0 heterocycles. The van der Waals surface area contributed by atoms with E-state index in [-0.39, 0.29) is 11.3 Å². The maximum absolute atomic E-state index is 11.8. The van der Waals surface area contributed by atoms with Crippen LogP contribution in [0.2, 0.25) is 0 Å². The van der Waals surface area contributed by atoms with E-state index in [1.54, 1.807) is 0 Å². The highest BCUT2D eigenvalue weighted by atomic mass is 16.2. The minimum Gasteiger partial charge on any atom is -0.351 e. The topological polar surface area (TPSA) is 72.2 Å². The lowest BCUT2D eigenvalue weighted by Crippen LogP contribution is -2.46. The predicted molar refractivity (Wildman–Crippen MR) is 51.3 cm³/mol. The van der Waals surface area contributed by atoms with Crippen LogP contribution in [0.4, 0.5) is 4.79 Å². The van der Waals surface area contributed by atoms with Crippen molar-refractivity contribution in [3.05, 3.63) is 0 Å². The number of hydrogen-bond acceptors (Lipinski definition) is 2. The van der Waals surface area contributed by atoms with Crippen LogP contribution >= 0.6 is 0 Å². The lowest BCUT2D eigenvalue weighted by atomic mass is 9.74. The summed E-state index contributed by atoms with van der Waals surface area (Å²) >= 11 is 0. The first kappa shape index (κ1) is 9.49. The van der Waals surface area contributed by atoms with Crippen LogP contribution in [-0.4, -0.2) is 11.9 Å². The molecular formula is C10H16N2O2. The molecule has 0 aromatic rings. The molecule has 2 aliphatic rings. The quantitative estimate of drug-likeness (QED) is 0.657. The summed E-state index contributed by atoms with van der Waals surface area (Å²) in [7, 11) is 0. The van der Waals surface area contributed by atoms with Gasteiger partial charge in [-0.25, -0.2) is 4.79 Å². The minimum absolute atomic E-state index is 0.183. The largest absolute Gasteiger partial charge is 0.351 e. The van der Waals surface area contributed by atoms with Crippen LogP contribution in [0.25, 0.3) is 0 Å². The highest BCUT2D eigenvalue weighted by Gasteiger charge is 2.52. The van der Waals surface area contributed by atoms with Gasteiger partial charge in [0.15, 0.2) is 0 Å². The number of amides is 3. The van der Waals surface area contributed by atoms with E-state index in [1.807, 2.05) is 6.92 Å². The van der Waals surface area contributed by atoms with Crippen LogP contribution in [0.15, 0.2) is 0 Å². The van der Waals surface area contributed by atoms with E-state index < -0.39 is 6.03 Å². The maximum Gasteiger partial charge on any atom is 0.318 e. The van der Waals surface area contributed by atoms with Crippen molar-refractivity contribution in [2.24, 2.45) is 23.0 Å². The minimum atomic E-state index is -0.737. The second kappa shape index (κ2) is 2.97. The molecule has 0 spiro atoms. The number of hydrogen-bond donors (Lipinski definition) is 2. The zero-order chi connectivity index (χ0) is 10.3. The van der Waals surface area contributed by atoms with E-state index in [1.165, 1.54) is 6.42 Å². The molecule has 4 heteroatoms. The third-order valence-corrected chi connectivity index (χ3v) is 3.91. The SMILES string of the molecule is C[C@@]1(C(=O)NC(N)=O)C[C@@H]2CC[C@H]1C2. The van der Waals surface area contributed by atoms with Gasteiger partial charge in [0.2, 0.25) is 5.91 Å². The second-order valence-corrected chi connectivity index (χ2v) is 4.82. The van der Waals surface area contributed by atoms with Crippen molar-refractivity contribution in [1.29, 1.82) is 0 Å². The van der Waals surface area contributed by atoms with Crippen LogP contribution in [0.5, 0.6) is 0 Å². The average molecular weight is 196 g/mol. The summed E-state index contributed by atoms with van der Waals surface area (Å²) < 4.78 is 0. The molecule has 4 nitrogen and oxygen atoms in total. The molecule has 2 aliphatic carbocycles. The Balaban J connectivity index is 2.09. The molecule has 0 radical (unpaired) electrons. The molecule has 2 fully saturated rings. The van der Waals surface area contributed by atoms with Crippen LogP contribution in [0.1, 0.15) is 32.6 Å². The maximum atomic E-state index is 11.8. The van der Waals surface area contributed by atoms with Gasteiger partial charge in [-0.15, -0.1) is 0 Å². The second-order valence-electron chi connectivity index (χ2n) is 4.82. The summed E-state index contributed by atoms with van der Waals surface area (Å²) in [6.07, 6.45) is 4.41. The molecule has 14 heavy (non-hydrogen) atoms. The molecule has 2 bridgehead atoms. The molecule has 0 unspecified atom stereocenters. The molecule has 0 aromatic heterocycles. The summed E-state index contributed by atoms with van der Waals surface area (Å²) in [4.78, 5) is 22.4. The number of carbonyl (C=O) groups excluding carboxylic acids is 2. The van der Waals surface area contributed by atoms with Crippen molar-refractivity contribution < 1.29 is 9.59 Å². The van der Waals surface area contributed by atoms with Crippen molar-refractivity contribution in [1.82, 2.24) is 5.32 Å². The molecule has 2 saturated carbocycles. The molecule has 0 aliphatic heterocycles. The van der Waals surface area contributed by atoms with Gasteiger partial charge in [-0.3, -0.25) is 10.1 Å². The number of fused-ring (bicyclic) bond motifs is 2. The Labute approximate surface area is 83.2 Å². The Bertz CT molecular complexity index is 290. The van der Waals surface area contributed by atoms with Gasteiger partial charge in [-0.05, 0) is 31.1 Å². The van der Waals surface area contributed by atoms with Crippen LogP contribution < -0.4 is 11.1 Å². The van der Waals surface area contributed by atoms with Gasteiger partial charge in [-0.2, -0.15) is 0 Å². The van der Waals surface area contributed by atoms with Gasteiger partial charge < -0.3 is 5.73 Å². The Hall–Kier alpha value is -1.06. The summed E-state index contributed by atoms with van der Waals surface area (Å²) in [5, 5.41) is 2.21. The first-order valence-corrected chi connectivity index (χ1v) is 5.13. The fourth-order valence-electron chi connectivity index (χ4n) is 3.14. The number of urea groups is 1. The predicted octanol–water partition coefficient (Wildman–Crippen LogP) is 1.01. The van der Waals surface area contributed by atoms with Gasteiger partial charge in [0.05, 0.1) is 0 Å². The summed E-state index contributed by atoms with van der Waals surface area (Å²) in [5.41, 5.74) is 4.60. The third-order valence-electron chi connectivity index (χ3n) is 3.91. The summed E-state index contributed by atoms with van der Waals surface area (Å²) in [6.45, 7) is 1.95. The number of primary amides is 1. The molecule has 0 aromatic carbocycles. The molecule has 0 saturated heterocycles. The third kappa shape index (κ3) is 1.29. The van der Waals surface area contributed by atoms with Gasteiger partial charge in [0.1, 0.15) is 0 Å². The fraction of sp³-hybridized carbons (Fsp3) is 0.800. The lowest BCUT2D eigenvalue weighted by Gasteiger charge is -2.31. The summed E-state index contributed by atoms with van der Waals surface area (Å²) in [5.74, 6) is 0.952. The van der Waals surface area contributed by atoms with E-state index in [0.29, 0.717) is 11.8 Å². The lowest BCUT2D eigenvalue weighted by molar-refractivity contribution is -0.131. The Morgan fingerprint density at radius 2 is 2.14 bits per heavy atom. The van der Waals surface area contributed by atoms with Crippen LogP contribution in [-0.2, 0) is 4.79 Å². The summed E-state index contributed by atoms with van der Waals surface area (Å²) in [6, 6.07) is -0.737. The van der Waals surface area contributed by atoms with Crippen LogP contribution in [0, 0.1) is 17.3 Å². The van der Waals surface area contributed by atoms with Gasteiger partial charge in [0.25, 0.3) is 0 Å². The van der Waals surface area contributed by atoms with Crippen molar-refractivity contribution in [2.45, 2.75) is 32.6 Å². The molecule has 78 valence electrons. The monoisotopic (exact) mass is 196 g/mol. The van der Waals surface area contributed by atoms with Crippen LogP contribution in [0.3, 0.4) is 0 Å². The fourth-order valence-corrected chi connectivity index (χ4v) is 3.14. The Kier molecular flexibility index (Phi) is 2.01. The van der Waals surface area contributed by atoms with E-state index in [9.17, 15) is 9.59 Å². The van der Waals surface area contributed by atoms with Crippen molar-refractivity contribution >= 4 is 11.9 Å². The van der Waals surface area contributed by atoms with E-state index in [4.69, 9.17) is 5.73 Å². The molecule has 3 amide bonds. The number of carbonyl (C=O) groups is 2. The standard InChI is InChI=1S/C10H16N2O2/c1-10(8(13)12-9(11)14)5-6-2-3-7(10)4-6/h6-7H,2-5H2,1H3,(H3,11,12,13,14)/t6-,7+,10-/m1/s1. The number of rotatable bonds is 1. The first-order chi connectivity index (χ1) is 6.52. The van der Waals surface area contributed by atoms with Crippen molar-refractivity contribution in [2.75, 3.05) is 0 Å². The Morgan fingerprint density at radius 3 is 2.57 bits per heavy atom. The van der Waals surface area contributed by atoms with Gasteiger partial charge in [-0.1, -0.05) is 13.3 Å². The highest BCUT2D eigenvalue weighted by molar-refractivity contribution is 5.96. The van der Waals surface area contributed by atoms with Crippen molar-refractivity contribution in [3.8, 4) is 0 Å². The highest BCUT2D eigenvalue weighted by Crippen LogP contribution is 2.55. The van der Waals surface area contributed by atoms with Gasteiger partial charge in [0, 0.05) is 5.41 Å². The van der Waals surface area contributed by atoms with E-state index >= 15 is 0 Å². The zero-order valence-corrected chi connectivity index (χ0v) is 8.38. The first-order valence-electron chi connectivity index (χ1n) is 5.13. The molecular weight excluding hydrogens is 180 g/mol. The normalized spacial score (nSPS) is 39.8. The Morgan fingerprint density at radius 1 is 1.43 bits per heavy atom. The molecule has 3 N–H and O–H groups in total.